The monoisotopic (exact) mass is 761 g/mol. The number of nitrogens with one attached hydrogen (secondary N) is 4. The molecule has 0 spiro atoms. The molecule has 296 valence electrons. The number of piperidine rings is 1. The Labute approximate surface area is 320 Å². The van der Waals surface area contributed by atoms with Crippen molar-refractivity contribution in [1.82, 2.24) is 30.7 Å². The summed E-state index contributed by atoms with van der Waals surface area (Å²) in [6.07, 6.45) is 1.59. The number of carbonyl (C=O) groups excluding carboxylic acids is 7. The minimum Gasteiger partial charge on any atom is -0.461 e. The van der Waals surface area contributed by atoms with Gasteiger partial charge < -0.3 is 45.8 Å². The molecular formula is C39H51N7O9. The number of aliphatic hydroxyl groups excluding tert-OH is 1. The largest absolute Gasteiger partial charge is 0.461 e. The van der Waals surface area contributed by atoms with Gasteiger partial charge in [-0.15, -0.1) is 0 Å². The fourth-order valence-corrected chi connectivity index (χ4v) is 7.41. The molecule has 2 aromatic carbocycles. The molecule has 5 N–H and O–H groups in total. The van der Waals surface area contributed by atoms with Crippen LogP contribution in [0.5, 0.6) is 0 Å². The van der Waals surface area contributed by atoms with Gasteiger partial charge in [0, 0.05) is 38.9 Å². The van der Waals surface area contributed by atoms with E-state index < -0.39 is 91.0 Å². The van der Waals surface area contributed by atoms with Crippen LogP contribution in [0.25, 0.3) is 0 Å². The van der Waals surface area contributed by atoms with Gasteiger partial charge in [0.1, 0.15) is 42.9 Å². The van der Waals surface area contributed by atoms with Crippen LogP contribution in [0.3, 0.4) is 0 Å². The highest BCUT2D eigenvalue weighted by molar-refractivity contribution is 5.98. The molecular weight excluding hydrogens is 710 g/mol. The highest BCUT2D eigenvalue weighted by atomic mass is 16.5. The van der Waals surface area contributed by atoms with E-state index in [1.807, 2.05) is 13.0 Å². The number of rotatable bonds is 8. The van der Waals surface area contributed by atoms with Crippen LogP contribution in [0.2, 0.25) is 0 Å². The number of aliphatic hydroxyl groups is 1. The minimum atomic E-state index is -1.49. The van der Waals surface area contributed by atoms with Crippen LogP contribution in [-0.4, -0.2) is 131 Å². The normalized spacial score (nSPS) is 26.0. The number of fused-ring (bicyclic) bond motifs is 2. The number of ether oxygens (including phenoxy) is 1. The Morgan fingerprint density at radius 3 is 2.29 bits per heavy atom. The molecule has 0 bridgehead atoms. The van der Waals surface area contributed by atoms with Crippen LogP contribution in [0.4, 0.5) is 10.5 Å². The predicted molar refractivity (Wildman–Crippen MR) is 200 cm³/mol. The Hall–Kier alpha value is -5.51. The Kier molecular flexibility index (Phi) is 13.8. The summed E-state index contributed by atoms with van der Waals surface area (Å²) in [4.78, 5) is 101. The number of amides is 7. The summed E-state index contributed by atoms with van der Waals surface area (Å²) < 4.78 is 5.72. The number of benzene rings is 2. The zero-order chi connectivity index (χ0) is 39.6. The van der Waals surface area contributed by atoms with Crippen LogP contribution in [0.1, 0.15) is 51.5 Å². The molecule has 55 heavy (non-hydrogen) atoms. The summed E-state index contributed by atoms with van der Waals surface area (Å²) >= 11 is 0. The van der Waals surface area contributed by atoms with E-state index in [0.29, 0.717) is 18.5 Å². The second-order valence-electron chi connectivity index (χ2n) is 14.5. The number of hydrogen-bond acceptors (Lipinski definition) is 9. The third kappa shape index (κ3) is 10.2. The molecule has 16 heteroatoms. The van der Waals surface area contributed by atoms with Gasteiger partial charge in [0.05, 0.1) is 0 Å². The fourth-order valence-electron chi connectivity index (χ4n) is 7.41. The van der Waals surface area contributed by atoms with Crippen molar-refractivity contribution in [2.24, 2.45) is 5.92 Å². The van der Waals surface area contributed by atoms with Crippen LogP contribution in [-0.2, 0) is 39.9 Å². The molecule has 3 aliphatic rings. The van der Waals surface area contributed by atoms with Gasteiger partial charge in [0.25, 0.3) is 0 Å². The van der Waals surface area contributed by atoms with E-state index in [-0.39, 0.29) is 44.7 Å². The molecule has 3 saturated heterocycles. The number of esters is 1. The van der Waals surface area contributed by atoms with Gasteiger partial charge in [0.15, 0.2) is 0 Å². The molecule has 3 heterocycles. The molecule has 0 aliphatic carbocycles. The van der Waals surface area contributed by atoms with Crippen LogP contribution < -0.4 is 21.3 Å². The number of nitrogens with zero attached hydrogens (tertiary/aromatic N) is 3. The summed E-state index contributed by atoms with van der Waals surface area (Å²) in [5.74, 6) is -4.09. The van der Waals surface area contributed by atoms with Crippen molar-refractivity contribution >= 4 is 47.2 Å². The third-order valence-electron chi connectivity index (χ3n) is 10.3. The van der Waals surface area contributed by atoms with E-state index in [2.05, 4.69) is 21.3 Å². The van der Waals surface area contributed by atoms with Gasteiger partial charge >= 0.3 is 12.0 Å². The lowest BCUT2D eigenvalue weighted by molar-refractivity contribution is -0.159. The van der Waals surface area contributed by atoms with Gasteiger partial charge in [-0.1, -0.05) is 55.5 Å². The minimum absolute atomic E-state index is 0.0503. The zero-order valence-electron chi connectivity index (χ0n) is 31.4. The van der Waals surface area contributed by atoms with Crippen molar-refractivity contribution in [2.45, 2.75) is 88.6 Å². The molecule has 7 amide bonds. The second kappa shape index (κ2) is 18.7. The highest BCUT2D eigenvalue weighted by Gasteiger charge is 2.44. The summed E-state index contributed by atoms with van der Waals surface area (Å²) in [6, 6.07) is 9.97. The first-order valence-electron chi connectivity index (χ1n) is 18.8. The van der Waals surface area contributed by atoms with Crippen molar-refractivity contribution in [1.29, 1.82) is 0 Å². The van der Waals surface area contributed by atoms with E-state index in [1.165, 1.54) is 28.7 Å². The molecule has 7 atom stereocenters. The lowest BCUT2D eigenvalue weighted by Gasteiger charge is -2.40. The Bertz CT molecular complexity index is 1710. The first-order chi connectivity index (χ1) is 26.4. The smallest absolute Gasteiger partial charge is 0.328 e. The first-order valence-corrected chi connectivity index (χ1v) is 18.8. The van der Waals surface area contributed by atoms with Gasteiger partial charge in [-0.3, -0.25) is 24.0 Å². The molecule has 3 aliphatic heterocycles. The van der Waals surface area contributed by atoms with E-state index in [1.54, 1.807) is 54.6 Å². The van der Waals surface area contributed by atoms with Gasteiger partial charge in [-0.05, 0) is 62.6 Å². The topological polar surface area (TPSA) is 207 Å². The van der Waals surface area contributed by atoms with Crippen molar-refractivity contribution in [3.05, 3.63) is 66.2 Å². The summed E-state index contributed by atoms with van der Waals surface area (Å²) in [6.45, 7) is 2.66. The molecule has 0 saturated carbocycles. The maximum Gasteiger partial charge on any atom is 0.328 e. The molecule has 2 aromatic rings. The predicted octanol–water partition coefficient (Wildman–Crippen LogP) is 0.793. The standard InChI is InChI=1S/C39H51N7O9/c1-24-20-32-38(53)55-23-29(42-33(48)28(21-26-12-6-4-7-13-26)43-39(54)41-27-14-8-5-9-15-27)36(51)45-18-11-10-16-31(45)37(52)44(3)30(17-19-47)34(49)40-25(2)35(50)46(32)22-24/h4-9,12-15,24-25,28-32,47H,10-11,16-23H2,1-3H3,(H,40,49)(H,42,48)(H2,41,43,54)/t24-,25-,28-,29-,30-,31-,32-/m0/s1. The van der Waals surface area contributed by atoms with Gasteiger partial charge in [0.2, 0.25) is 29.5 Å². The number of likely N-dealkylation sites (N-methyl/N-ethyl adjacent to an activating group) is 1. The number of cyclic esters (lactones) is 1. The summed E-state index contributed by atoms with van der Waals surface area (Å²) in [5, 5.41) is 20.6. The maximum absolute atomic E-state index is 14.5. The molecule has 3 fully saturated rings. The van der Waals surface area contributed by atoms with E-state index in [0.717, 1.165) is 5.56 Å². The quantitative estimate of drug-likeness (QED) is 0.241. The number of urea groups is 1. The molecule has 5 rings (SSSR count). The molecule has 16 nitrogen and oxygen atoms in total. The Morgan fingerprint density at radius 2 is 1.60 bits per heavy atom. The maximum atomic E-state index is 14.5. The van der Waals surface area contributed by atoms with Crippen molar-refractivity contribution in [3.63, 3.8) is 0 Å². The summed E-state index contributed by atoms with van der Waals surface area (Å²) in [5.41, 5.74) is 1.21. The number of carbonyl (C=O) groups is 7. The average Bonchev–Trinajstić information content (AvgIpc) is 3.58. The van der Waals surface area contributed by atoms with Gasteiger partial charge in [-0.25, -0.2) is 9.59 Å². The second-order valence-corrected chi connectivity index (χ2v) is 14.5. The lowest BCUT2D eigenvalue weighted by Crippen LogP contribution is -2.62. The number of hydrogen-bond donors (Lipinski definition) is 5. The lowest BCUT2D eigenvalue weighted by atomic mass is 9.98. The first kappa shape index (κ1) is 40.7. The van der Waals surface area contributed by atoms with Crippen LogP contribution >= 0.6 is 0 Å². The Morgan fingerprint density at radius 1 is 0.909 bits per heavy atom. The Balaban J connectivity index is 1.47. The highest BCUT2D eigenvalue weighted by Crippen LogP contribution is 2.26. The fraction of sp³-hybridized carbons (Fsp3) is 0.513. The van der Waals surface area contributed by atoms with E-state index in [9.17, 15) is 38.7 Å². The van der Waals surface area contributed by atoms with E-state index in [4.69, 9.17) is 4.74 Å². The molecule has 0 aromatic heterocycles. The van der Waals surface area contributed by atoms with Gasteiger partial charge in [-0.2, -0.15) is 0 Å². The number of anilines is 1. The summed E-state index contributed by atoms with van der Waals surface area (Å²) in [7, 11) is 1.41. The van der Waals surface area contributed by atoms with Crippen molar-refractivity contribution in [2.75, 3.05) is 38.7 Å². The molecule has 0 unspecified atom stereocenters. The molecule has 0 radical (unpaired) electrons. The van der Waals surface area contributed by atoms with Crippen molar-refractivity contribution in [3.8, 4) is 0 Å². The van der Waals surface area contributed by atoms with E-state index >= 15 is 0 Å². The van der Waals surface area contributed by atoms with Crippen LogP contribution in [0.15, 0.2) is 60.7 Å². The zero-order valence-corrected chi connectivity index (χ0v) is 31.4. The van der Waals surface area contributed by atoms with Crippen molar-refractivity contribution < 1.29 is 43.4 Å². The number of para-hydroxylation sites is 1. The third-order valence-corrected chi connectivity index (χ3v) is 10.3. The SMILES string of the molecule is C[C@H]1C[C@H]2C(=O)OC[C@H](NC(=O)[C@H](Cc3ccccc3)NC(=O)Nc3ccccc3)C(=O)N3CCCC[C@H]3C(=O)N(C)[C@@H](CCO)C(=O)N[C@@H](C)C(=O)N2C1. The van der Waals surface area contributed by atoms with Crippen LogP contribution in [0, 0.1) is 5.92 Å². The average molecular weight is 762 g/mol.